The molecule has 0 spiro atoms. The number of H-pyrrole nitrogens is 1. The first-order chi connectivity index (χ1) is 11.0. The Balaban J connectivity index is 2.14. The molecule has 23 heavy (non-hydrogen) atoms. The third-order valence-corrected chi connectivity index (χ3v) is 3.12. The Hall–Kier alpha value is -3.16. The number of ether oxygens (including phenoxy) is 2. The minimum atomic E-state index is -0.955. The zero-order valence-corrected chi connectivity index (χ0v) is 11.9. The molecular weight excluding hydrogens is 308 g/mol. The van der Waals surface area contributed by atoms with Crippen LogP contribution in [0, 0.1) is 11.6 Å². The maximum Gasteiger partial charge on any atom is 0.290 e. The smallest absolute Gasteiger partial charge is 0.290 e. The fourth-order valence-corrected chi connectivity index (χ4v) is 2.08. The number of nitrogens with one attached hydrogen (secondary N) is 1. The maximum absolute atomic E-state index is 13.8. The topological polar surface area (TPSA) is 90.2 Å². The highest BCUT2D eigenvalue weighted by Gasteiger charge is 2.16. The number of nitrogens with two attached hydrogens (primary N) is 1. The van der Waals surface area contributed by atoms with Crippen molar-refractivity contribution in [1.82, 2.24) is 9.97 Å². The first kappa shape index (κ1) is 14.8. The summed E-state index contributed by atoms with van der Waals surface area (Å²) in [7, 11) is 1.34. The number of benzene rings is 1. The van der Waals surface area contributed by atoms with Gasteiger partial charge in [-0.2, -0.15) is 0 Å². The van der Waals surface area contributed by atoms with E-state index in [4.69, 9.17) is 15.2 Å². The van der Waals surface area contributed by atoms with Crippen molar-refractivity contribution in [3.05, 3.63) is 52.5 Å². The van der Waals surface area contributed by atoms with Gasteiger partial charge in [0.2, 0.25) is 0 Å². The molecule has 0 saturated carbocycles. The fraction of sp³-hybridized carbons (Fsp3) is 0.0667. The average molecular weight is 319 g/mol. The predicted molar refractivity (Wildman–Crippen MR) is 79.8 cm³/mol. The van der Waals surface area contributed by atoms with Gasteiger partial charge in [0.05, 0.1) is 12.6 Å². The summed E-state index contributed by atoms with van der Waals surface area (Å²) in [6, 6.07) is 4.65. The first-order valence-corrected chi connectivity index (χ1v) is 6.48. The molecule has 0 saturated heterocycles. The minimum absolute atomic E-state index is 0.0392. The van der Waals surface area contributed by atoms with Crippen molar-refractivity contribution in [3.63, 3.8) is 0 Å². The van der Waals surface area contributed by atoms with Gasteiger partial charge in [-0.25, -0.2) is 8.78 Å². The summed E-state index contributed by atoms with van der Waals surface area (Å²) in [5.74, 6) is -2.43. The Labute approximate surface area is 128 Å². The van der Waals surface area contributed by atoms with Gasteiger partial charge in [0, 0.05) is 36.1 Å². The molecule has 3 rings (SSSR count). The number of pyridine rings is 2. The van der Waals surface area contributed by atoms with Crippen molar-refractivity contribution < 1.29 is 18.3 Å². The maximum atomic E-state index is 13.8. The molecule has 118 valence electrons. The van der Waals surface area contributed by atoms with Crippen molar-refractivity contribution >= 4 is 16.7 Å². The van der Waals surface area contributed by atoms with Gasteiger partial charge in [-0.15, -0.1) is 0 Å². The van der Waals surface area contributed by atoms with E-state index in [2.05, 4.69) is 9.97 Å². The van der Waals surface area contributed by atoms with Gasteiger partial charge in [-0.1, -0.05) is 0 Å². The fourth-order valence-electron chi connectivity index (χ4n) is 2.08. The van der Waals surface area contributed by atoms with Gasteiger partial charge in [-0.3, -0.25) is 9.78 Å². The van der Waals surface area contributed by atoms with Crippen LogP contribution >= 0.6 is 0 Å². The van der Waals surface area contributed by atoms with Gasteiger partial charge < -0.3 is 20.2 Å². The van der Waals surface area contributed by atoms with Gasteiger partial charge in [0.1, 0.15) is 5.52 Å². The normalized spacial score (nSPS) is 10.7. The number of anilines is 1. The van der Waals surface area contributed by atoms with Crippen LogP contribution in [-0.2, 0) is 0 Å². The van der Waals surface area contributed by atoms with Crippen LogP contribution in [0.1, 0.15) is 0 Å². The van der Waals surface area contributed by atoms with E-state index in [-0.39, 0.29) is 22.7 Å². The quantitative estimate of drug-likeness (QED) is 0.724. The van der Waals surface area contributed by atoms with E-state index in [9.17, 15) is 13.6 Å². The van der Waals surface area contributed by atoms with Crippen molar-refractivity contribution in [2.24, 2.45) is 0 Å². The van der Waals surface area contributed by atoms with E-state index in [1.165, 1.54) is 25.4 Å². The summed E-state index contributed by atoms with van der Waals surface area (Å²) in [4.78, 5) is 18.4. The molecule has 3 aromatic rings. The Morgan fingerprint density at radius 2 is 1.87 bits per heavy atom. The lowest BCUT2D eigenvalue weighted by Crippen LogP contribution is -2.09. The largest absolute Gasteiger partial charge is 0.491 e. The van der Waals surface area contributed by atoms with Crippen LogP contribution < -0.4 is 20.8 Å². The Kier molecular flexibility index (Phi) is 3.57. The van der Waals surface area contributed by atoms with Crippen LogP contribution in [-0.4, -0.2) is 17.1 Å². The number of hydrogen-bond acceptors (Lipinski definition) is 5. The van der Waals surface area contributed by atoms with E-state index < -0.39 is 22.9 Å². The molecular formula is C15H11F2N3O3. The SMILES string of the molecule is COc1cc2nccc(Oc3c(F)cc(N)cc3F)c2[nH]c1=O. The number of hydrogen-bond donors (Lipinski definition) is 2. The highest BCUT2D eigenvalue weighted by molar-refractivity contribution is 5.81. The van der Waals surface area contributed by atoms with Gasteiger partial charge in [-0.05, 0) is 0 Å². The third kappa shape index (κ3) is 2.66. The van der Waals surface area contributed by atoms with Crippen LogP contribution in [0.15, 0.2) is 35.3 Å². The van der Waals surface area contributed by atoms with Crippen molar-refractivity contribution in [2.45, 2.75) is 0 Å². The lowest BCUT2D eigenvalue weighted by Gasteiger charge is -2.11. The molecule has 0 amide bonds. The lowest BCUT2D eigenvalue weighted by molar-refractivity contribution is 0.406. The number of fused-ring (bicyclic) bond motifs is 1. The molecule has 2 aromatic heterocycles. The molecule has 1 aromatic carbocycles. The summed E-state index contributed by atoms with van der Waals surface area (Å²) in [5.41, 5.74) is 5.31. The lowest BCUT2D eigenvalue weighted by atomic mass is 10.2. The van der Waals surface area contributed by atoms with Gasteiger partial charge in [0.25, 0.3) is 5.56 Å². The zero-order chi connectivity index (χ0) is 16.6. The molecule has 0 radical (unpaired) electrons. The van der Waals surface area contributed by atoms with E-state index in [0.29, 0.717) is 5.52 Å². The molecule has 0 atom stereocenters. The number of nitrogen functional groups attached to an aromatic ring is 1. The Morgan fingerprint density at radius 1 is 1.17 bits per heavy atom. The molecule has 0 aliphatic heterocycles. The summed E-state index contributed by atoms with van der Waals surface area (Å²) in [5, 5.41) is 0. The standard InChI is InChI=1S/C15H11F2N3O3/c1-22-12-6-10-13(20-15(12)21)11(2-3-19-10)23-14-8(16)4-7(18)5-9(14)17/h2-6H,18H2,1H3,(H,20,21). The molecule has 2 heterocycles. The minimum Gasteiger partial charge on any atom is -0.491 e. The first-order valence-electron chi connectivity index (χ1n) is 6.48. The predicted octanol–water partition coefficient (Wildman–Crippen LogP) is 2.58. The molecule has 0 aliphatic rings. The third-order valence-electron chi connectivity index (χ3n) is 3.12. The van der Waals surface area contributed by atoms with E-state index >= 15 is 0 Å². The van der Waals surface area contributed by atoms with Crippen LogP contribution in [0.4, 0.5) is 14.5 Å². The van der Waals surface area contributed by atoms with E-state index in [0.717, 1.165) is 12.1 Å². The molecule has 8 heteroatoms. The number of rotatable bonds is 3. The van der Waals surface area contributed by atoms with Gasteiger partial charge in [0.15, 0.2) is 28.9 Å². The van der Waals surface area contributed by atoms with E-state index in [1.807, 2.05) is 0 Å². The van der Waals surface area contributed by atoms with Crippen LogP contribution in [0.2, 0.25) is 0 Å². The zero-order valence-electron chi connectivity index (χ0n) is 11.9. The molecule has 0 bridgehead atoms. The number of aromatic amines is 1. The highest BCUT2D eigenvalue weighted by atomic mass is 19.1. The monoisotopic (exact) mass is 319 g/mol. The van der Waals surface area contributed by atoms with Crippen molar-refractivity contribution in [2.75, 3.05) is 12.8 Å². The summed E-state index contributed by atoms with van der Waals surface area (Å²) >= 11 is 0. The van der Waals surface area contributed by atoms with Crippen LogP contribution in [0.5, 0.6) is 17.2 Å². The summed E-state index contributed by atoms with van der Waals surface area (Å²) in [6.45, 7) is 0. The second-order valence-corrected chi connectivity index (χ2v) is 4.65. The van der Waals surface area contributed by atoms with Crippen molar-refractivity contribution in [1.29, 1.82) is 0 Å². The van der Waals surface area contributed by atoms with Crippen LogP contribution in [0.3, 0.4) is 0 Å². The number of aromatic nitrogens is 2. The second-order valence-electron chi connectivity index (χ2n) is 4.65. The highest BCUT2D eigenvalue weighted by Crippen LogP contribution is 2.32. The van der Waals surface area contributed by atoms with Gasteiger partial charge >= 0.3 is 0 Å². The number of halogens is 2. The molecule has 0 unspecified atom stereocenters. The Morgan fingerprint density at radius 3 is 2.52 bits per heavy atom. The molecule has 0 aliphatic carbocycles. The Bertz CT molecular complexity index is 933. The average Bonchev–Trinajstić information content (AvgIpc) is 2.50. The summed E-state index contributed by atoms with van der Waals surface area (Å²) in [6.07, 6.45) is 1.38. The molecule has 6 nitrogen and oxygen atoms in total. The van der Waals surface area contributed by atoms with Crippen molar-refractivity contribution in [3.8, 4) is 17.2 Å². The summed E-state index contributed by atoms with van der Waals surface area (Å²) < 4.78 is 37.9. The number of nitrogens with zero attached hydrogens (tertiary/aromatic N) is 1. The van der Waals surface area contributed by atoms with Crippen LogP contribution in [0.25, 0.3) is 11.0 Å². The molecule has 3 N–H and O–H groups in total. The molecule has 0 fully saturated rings. The van der Waals surface area contributed by atoms with E-state index in [1.54, 1.807) is 0 Å². The second kappa shape index (κ2) is 5.56. The number of methoxy groups -OCH3 is 1.